The van der Waals surface area contributed by atoms with E-state index in [-0.39, 0.29) is 0 Å². The van der Waals surface area contributed by atoms with Crippen molar-refractivity contribution in [1.82, 2.24) is 0 Å². The molecule has 2 aliphatic rings. The summed E-state index contributed by atoms with van der Waals surface area (Å²) in [6, 6.07) is 76.7. The lowest BCUT2D eigenvalue weighted by molar-refractivity contribution is 0.845. The van der Waals surface area contributed by atoms with Crippen LogP contribution in [0.15, 0.2) is 218 Å². The molecule has 0 atom stereocenters. The molecule has 400 valence electrons. The van der Waals surface area contributed by atoms with Gasteiger partial charge in [0.1, 0.15) is 0 Å². The summed E-state index contributed by atoms with van der Waals surface area (Å²) in [5, 5.41) is 0. The minimum absolute atomic E-state index is 0.484. The molecule has 2 heteroatoms. The van der Waals surface area contributed by atoms with Gasteiger partial charge in [-0.3, -0.25) is 0 Å². The molecule has 1 heterocycles. The summed E-state index contributed by atoms with van der Waals surface area (Å²) < 4.78 is 0. The number of fused-ring (bicyclic) bond motifs is 4. The van der Waals surface area contributed by atoms with Gasteiger partial charge < -0.3 is 9.80 Å². The average molecular weight is 996 g/mol. The van der Waals surface area contributed by atoms with Crippen molar-refractivity contribution < 1.29 is 0 Å². The van der Waals surface area contributed by atoms with Gasteiger partial charge in [-0.25, -0.2) is 0 Å². The van der Waals surface area contributed by atoms with E-state index in [4.69, 9.17) is 0 Å². The van der Waals surface area contributed by atoms with Gasteiger partial charge in [-0.2, -0.15) is 0 Å². The van der Waals surface area contributed by atoms with Crippen molar-refractivity contribution in [3.63, 3.8) is 0 Å². The summed E-state index contributed by atoms with van der Waals surface area (Å²) in [6.07, 6.45) is 2.15. The van der Waals surface area contributed by atoms with Gasteiger partial charge in [-0.15, -0.1) is 0 Å². The molecule has 74 heavy (non-hydrogen) atoms. The van der Waals surface area contributed by atoms with Gasteiger partial charge in [0.25, 0.3) is 0 Å². The van der Waals surface area contributed by atoms with Crippen molar-refractivity contribution in [1.29, 1.82) is 0 Å². The Hall–Kier alpha value is -6.64. The Morgan fingerprint density at radius 3 is 0.905 bits per heavy atom. The maximum atomic E-state index is 2.30. The molecule has 0 aromatic heterocycles. The SMILES string of the molecule is CC.CC.CC.CC.CC.CC.CC.CC.CC(c1ccccc1)c1ccccc1.CC1c2ccccc2Cc2ccccc21.CN(c1ccccc1)c1ccccc1.CN1c2ccccc2Cc2ccccc21. The van der Waals surface area contributed by atoms with E-state index in [0.29, 0.717) is 11.8 Å². The molecule has 8 aromatic rings. The molecule has 0 amide bonds. The van der Waals surface area contributed by atoms with Gasteiger partial charge in [0, 0.05) is 55.1 Å². The summed E-state index contributed by atoms with van der Waals surface area (Å²) in [5.41, 5.74) is 16.6. The molecule has 2 nitrogen and oxygen atoms in total. The smallest absolute Gasteiger partial charge is 0.0444 e. The number of rotatable bonds is 4. The first-order chi connectivity index (χ1) is 36.5. The monoisotopic (exact) mass is 995 g/mol. The number of benzene rings is 8. The third-order valence-electron chi connectivity index (χ3n) is 11.4. The van der Waals surface area contributed by atoms with Crippen LogP contribution in [0.5, 0.6) is 0 Å². The van der Waals surface area contributed by atoms with Crippen LogP contribution < -0.4 is 9.80 Å². The van der Waals surface area contributed by atoms with Crippen LogP contribution in [0.2, 0.25) is 0 Å². The predicted molar refractivity (Wildman–Crippen MR) is 339 cm³/mol. The van der Waals surface area contributed by atoms with Crippen LogP contribution in [0.25, 0.3) is 0 Å². The molecule has 0 spiro atoms. The first-order valence-electron chi connectivity index (χ1n) is 28.5. The quantitative estimate of drug-likeness (QED) is 0.173. The molecule has 0 fully saturated rings. The van der Waals surface area contributed by atoms with Gasteiger partial charge >= 0.3 is 0 Å². The van der Waals surface area contributed by atoms with Crippen LogP contribution in [0.4, 0.5) is 22.7 Å². The van der Waals surface area contributed by atoms with Crippen molar-refractivity contribution in [3.05, 3.63) is 263 Å². The molecule has 0 bridgehead atoms. The Balaban J connectivity index is 0. The lowest BCUT2D eigenvalue weighted by atomic mass is 9.79. The van der Waals surface area contributed by atoms with E-state index in [1.807, 2.05) is 123 Å². The summed E-state index contributed by atoms with van der Waals surface area (Å²) in [6.45, 7) is 36.5. The lowest BCUT2D eigenvalue weighted by Crippen LogP contribution is -2.18. The molecule has 0 radical (unpaired) electrons. The van der Waals surface area contributed by atoms with Crippen molar-refractivity contribution in [2.75, 3.05) is 23.9 Å². The molecule has 1 aliphatic heterocycles. The van der Waals surface area contributed by atoms with E-state index in [1.165, 1.54) is 67.3 Å². The van der Waals surface area contributed by atoms with Crippen LogP contribution in [0.3, 0.4) is 0 Å². The fourth-order valence-corrected chi connectivity index (χ4v) is 8.05. The maximum Gasteiger partial charge on any atom is 0.0444 e. The fraction of sp³-hybridized carbons (Fsp3) is 0.333. The first-order valence-corrected chi connectivity index (χ1v) is 28.5. The number of hydrogen-bond acceptors (Lipinski definition) is 2. The van der Waals surface area contributed by atoms with Gasteiger partial charge in [0.05, 0.1) is 0 Å². The number of anilines is 4. The van der Waals surface area contributed by atoms with Crippen molar-refractivity contribution in [2.24, 2.45) is 0 Å². The third kappa shape index (κ3) is 22.6. The van der Waals surface area contributed by atoms with Gasteiger partial charge in [0.15, 0.2) is 0 Å². The largest absolute Gasteiger partial charge is 0.345 e. The molecule has 0 saturated carbocycles. The molecular formula is C72H102N2. The Bertz CT molecular complexity index is 2110. The zero-order chi connectivity index (χ0) is 56.1. The molecular weight excluding hydrogens is 893 g/mol. The molecule has 1 aliphatic carbocycles. The summed E-state index contributed by atoms with van der Waals surface area (Å²) in [7, 11) is 4.21. The van der Waals surface area contributed by atoms with Crippen LogP contribution >= 0.6 is 0 Å². The Labute approximate surface area is 456 Å². The summed E-state index contributed by atoms with van der Waals surface area (Å²) in [4.78, 5) is 4.44. The van der Waals surface area contributed by atoms with E-state index >= 15 is 0 Å². The summed E-state index contributed by atoms with van der Waals surface area (Å²) in [5.74, 6) is 1.03. The molecule has 0 unspecified atom stereocenters. The van der Waals surface area contributed by atoms with Crippen LogP contribution in [-0.2, 0) is 12.8 Å². The Kier molecular flexibility index (Phi) is 42.2. The third-order valence-corrected chi connectivity index (χ3v) is 11.4. The van der Waals surface area contributed by atoms with Crippen molar-refractivity contribution >= 4 is 22.7 Å². The molecule has 0 N–H and O–H groups in total. The Morgan fingerprint density at radius 2 is 0.581 bits per heavy atom. The zero-order valence-electron chi connectivity index (χ0n) is 50.2. The van der Waals surface area contributed by atoms with E-state index in [1.54, 1.807) is 0 Å². The second-order valence-corrected chi connectivity index (χ2v) is 15.1. The highest BCUT2D eigenvalue weighted by molar-refractivity contribution is 5.73. The minimum Gasteiger partial charge on any atom is -0.345 e. The van der Waals surface area contributed by atoms with Crippen LogP contribution in [-0.4, -0.2) is 14.1 Å². The van der Waals surface area contributed by atoms with E-state index < -0.39 is 0 Å². The van der Waals surface area contributed by atoms with E-state index in [0.717, 1.165) is 12.8 Å². The molecule has 10 rings (SSSR count). The normalized spacial score (nSPS) is 10.1. The number of para-hydroxylation sites is 4. The minimum atomic E-state index is 0.484. The highest BCUT2D eigenvalue weighted by Crippen LogP contribution is 2.37. The van der Waals surface area contributed by atoms with Crippen molar-refractivity contribution in [2.45, 2.75) is 149 Å². The Morgan fingerprint density at radius 1 is 0.338 bits per heavy atom. The topological polar surface area (TPSA) is 6.48 Å². The van der Waals surface area contributed by atoms with Gasteiger partial charge in [-0.05, 0) is 87.3 Å². The average Bonchev–Trinajstić information content (AvgIpc) is 3.52. The van der Waals surface area contributed by atoms with E-state index in [9.17, 15) is 0 Å². The molecule has 0 saturated heterocycles. The second kappa shape index (κ2) is 45.0. The first kappa shape index (κ1) is 69.4. The lowest BCUT2D eigenvalue weighted by Gasteiger charge is -2.29. The fourth-order valence-electron chi connectivity index (χ4n) is 8.05. The number of nitrogens with zero attached hydrogens (tertiary/aromatic N) is 2. The summed E-state index contributed by atoms with van der Waals surface area (Å²) >= 11 is 0. The van der Waals surface area contributed by atoms with Crippen LogP contribution in [0, 0.1) is 0 Å². The van der Waals surface area contributed by atoms with Crippen LogP contribution in [0.1, 0.15) is 181 Å². The standard InChI is InChI=1S/C15H14.C14H13N.C14H14.C13H13N.8C2H6/c1-11-14-8-4-2-6-12(14)10-13-7-3-5-9-15(11)13;1-15-13-8-4-2-6-11(13)10-12-7-3-5-9-14(12)15;1-12(13-8-4-2-5-9-13)14-10-6-3-7-11-14;1-14(12-8-4-2-5-9-12)13-10-6-3-7-11-13;8*1-2/h2-9,11H,10H2,1H3;2-9H,10H2,1H3;2-12H,1H3;2-11H,1H3;8*1-2H3. The zero-order valence-corrected chi connectivity index (χ0v) is 50.2. The highest BCUT2D eigenvalue weighted by atomic mass is 15.1. The predicted octanol–water partition coefficient (Wildman–Crippen LogP) is 22.6. The van der Waals surface area contributed by atoms with Crippen molar-refractivity contribution in [3.8, 4) is 0 Å². The number of hydrogen-bond donors (Lipinski definition) is 0. The van der Waals surface area contributed by atoms with E-state index in [2.05, 4.69) is 244 Å². The highest BCUT2D eigenvalue weighted by Gasteiger charge is 2.21. The maximum absolute atomic E-state index is 2.30. The second-order valence-electron chi connectivity index (χ2n) is 15.1. The van der Waals surface area contributed by atoms with Gasteiger partial charge in [-0.1, -0.05) is 307 Å². The molecule has 8 aromatic carbocycles. The van der Waals surface area contributed by atoms with Gasteiger partial charge in [0.2, 0.25) is 0 Å².